The maximum atomic E-state index is 12.4. The van der Waals surface area contributed by atoms with Crippen molar-refractivity contribution in [3.05, 3.63) is 48.3 Å². The Kier molecular flexibility index (Phi) is 4.97. The van der Waals surface area contributed by atoms with E-state index >= 15 is 0 Å². The number of fused-ring (bicyclic) bond motifs is 1. The van der Waals surface area contributed by atoms with Crippen LogP contribution in [0.3, 0.4) is 0 Å². The minimum Gasteiger partial charge on any atom is -0.406 e. The molecule has 3 rings (SSSR count). The molecule has 0 saturated heterocycles. The van der Waals surface area contributed by atoms with Gasteiger partial charge < -0.3 is 15.2 Å². The predicted molar refractivity (Wildman–Crippen MR) is 94.5 cm³/mol. The lowest BCUT2D eigenvalue weighted by molar-refractivity contribution is -0.274. The Balaban J connectivity index is 1.81. The molecule has 2 heterocycles. The summed E-state index contributed by atoms with van der Waals surface area (Å²) in [4.78, 5) is 4.26. The highest BCUT2D eigenvalue weighted by molar-refractivity contribution is 5.88. The molecule has 0 bridgehead atoms. The van der Waals surface area contributed by atoms with Crippen LogP contribution in [0.25, 0.3) is 10.9 Å². The summed E-state index contributed by atoms with van der Waals surface area (Å²) in [6.07, 6.45) is -1.37. The Bertz CT molecular complexity index is 932. The van der Waals surface area contributed by atoms with Crippen LogP contribution in [0.2, 0.25) is 0 Å². The van der Waals surface area contributed by atoms with E-state index in [4.69, 9.17) is 0 Å². The minimum absolute atomic E-state index is 0.272. The molecule has 144 valence electrons. The molecule has 0 fully saturated rings. The van der Waals surface area contributed by atoms with E-state index in [0.717, 1.165) is 5.39 Å². The van der Waals surface area contributed by atoms with E-state index in [1.807, 2.05) is 0 Å². The van der Waals surface area contributed by atoms with Gasteiger partial charge in [-0.2, -0.15) is 5.10 Å². The number of aliphatic hydroxyl groups is 1. The highest BCUT2D eigenvalue weighted by atomic mass is 19.4. The average molecular weight is 380 g/mol. The van der Waals surface area contributed by atoms with Crippen molar-refractivity contribution in [1.29, 1.82) is 0 Å². The lowest BCUT2D eigenvalue weighted by atomic mass is 10.1. The summed E-state index contributed by atoms with van der Waals surface area (Å²) in [7, 11) is 0. The van der Waals surface area contributed by atoms with E-state index in [1.54, 1.807) is 43.1 Å². The van der Waals surface area contributed by atoms with Gasteiger partial charge in [0, 0.05) is 18.9 Å². The number of anilines is 1. The van der Waals surface area contributed by atoms with Gasteiger partial charge >= 0.3 is 6.36 Å². The van der Waals surface area contributed by atoms with E-state index in [-0.39, 0.29) is 12.3 Å². The highest BCUT2D eigenvalue weighted by Gasteiger charge is 2.31. The minimum atomic E-state index is -4.73. The topological polar surface area (TPSA) is 72.2 Å². The molecule has 0 spiro atoms. The van der Waals surface area contributed by atoms with E-state index in [2.05, 4.69) is 20.1 Å². The maximum Gasteiger partial charge on any atom is 0.573 e. The van der Waals surface area contributed by atoms with Crippen molar-refractivity contribution in [3.8, 4) is 5.75 Å². The van der Waals surface area contributed by atoms with Gasteiger partial charge in [0.2, 0.25) is 0 Å². The third-order valence-corrected chi connectivity index (χ3v) is 3.65. The molecule has 0 amide bonds. The summed E-state index contributed by atoms with van der Waals surface area (Å²) in [5, 5.41) is 18.1. The molecule has 0 aliphatic rings. The van der Waals surface area contributed by atoms with Crippen molar-refractivity contribution >= 4 is 16.7 Å². The van der Waals surface area contributed by atoms with Gasteiger partial charge in [0.25, 0.3) is 0 Å². The number of aromatic nitrogens is 3. The molecule has 0 radical (unpaired) electrons. The monoisotopic (exact) mass is 380 g/mol. The van der Waals surface area contributed by atoms with E-state index in [9.17, 15) is 18.3 Å². The van der Waals surface area contributed by atoms with Crippen molar-refractivity contribution in [1.82, 2.24) is 14.8 Å². The van der Waals surface area contributed by atoms with Gasteiger partial charge in [-0.3, -0.25) is 4.68 Å². The number of benzene rings is 1. The van der Waals surface area contributed by atoms with Crippen LogP contribution in [-0.4, -0.2) is 38.4 Å². The van der Waals surface area contributed by atoms with Gasteiger partial charge in [0.1, 0.15) is 11.6 Å². The summed E-state index contributed by atoms with van der Waals surface area (Å²) in [5.74, 6) is 0.306. The zero-order chi connectivity index (χ0) is 19.7. The van der Waals surface area contributed by atoms with Crippen LogP contribution < -0.4 is 10.1 Å². The van der Waals surface area contributed by atoms with Crippen molar-refractivity contribution in [3.63, 3.8) is 0 Å². The molecule has 0 saturated carbocycles. The number of nitrogens with one attached hydrogen (secondary N) is 1. The summed E-state index contributed by atoms with van der Waals surface area (Å²) < 4.78 is 42.7. The number of ether oxygens (including phenoxy) is 1. The fourth-order valence-corrected chi connectivity index (χ4v) is 2.54. The Morgan fingerprint density at radius 1 is 1.22 bits per heavy atom. The molecule has 1 aromatic carbocycles. The van der Waals surface area contributed by atoms with Crippen LogP contribution in [0, 0.1) is 0 Å². The molecule has 2 N–H and O–H groups in total. The van der Waals surface area contributed by atoms with Crippen LogP contribution in [-0.2, 0) is 6.54 Å². The van der Waals surface area contributed by atoms with Crippen LogP contribution >= 0.6 is 0 Å². The quantitative estimate of drug-likeness (QED) is 0.684. The summed E-state index contributed by atoms with van der Waals surface area (Å²) >= 11 is 0. The van der Waals surface area contributed by atoms with E-state index in [1.165, 1.54) is 18.2 Å². The molecule has 0 aliphatic heterocycles. The van der Waals surface area contributed by atoms with Gasteiger partial charge in [-0.25, -0.2) is 4.98 Å². The number of alkyl halides is 3. The first kappa shape index (κ1) is 19.0. The van der Waals surface area contributed by atoms with Crippen molar-refractivity contribution < 1.29 is 23.0 Å². The van der Waals surface area contributed by atoms with Gasteiger partial charge in [0.15, 0.2) is 0 Å². The van der Waals surface area contributed by atoms with Crippen molar-refractivity contribution in [2.45, 2.75) is 32.4 Å². The van der Waals surface area contributed by atoms with Crippen molar-refractivity contribution in [2.75, 3.05) is 11.9 Å². The largest absolute Gasteiger partial charge is 0.573 e. The number of halogens is 3. The first-order valence-electron chi connectivity index (χ1n) is 8.22. The first-order valence-corrected chi connectivity index (χ1v) is 8.22. The van der Waals surface area contributed by atoms with E-state index in [0.29, 0.717) is 23.4 Å². The summed E-state index contributed by atoms with van der Waals surface area (Å²) in [6.45, 7) is 3.94. The Hall–Kier alpha value is -2.81. The number of nitrogens with zero attached hydrogens (tertiary/aromatic N) is 3. The highest BCUT2D eigenvalue weighted by Crippen LogP contribution is 2.25. The van der Waals surface area contributed by atoms with E-state index < -0.39 is 12.0 Å². The smallest absolute Gasteiger partial charge is 0.406 e. The average Bonchev–Trinajstić information content (AvgIpc) is 2.93. The normalized spacial score (nSPS) is 12.4. The lowest BCUT2D eigenvalue weighted by Crippen LogP contribution is -2.29. The van der Waals surface area contributed by atoms with Gasteiger partial charge in [-0.05, 0) is 37.6 Å². The summed E-state index contributed by atoms with van der Waals surface area (Å²) in [6, 6.07) is 7.51. The Labute approximate surface area is 153 Å². The molecule has 3 aromatic rings. The molecule has 9 heteroatoms. The van der Waals surface area contributed by atoms with Gasteiger partial charge in [-0.15, -0.1) is 13.2 Å². The molecule has 0 unspecified atom stereocenters. The maximum absolute atomic E-state index is 12.4. The summed E-state index contributed by atoms with van der Waals surface area (Å²) in [5.41, 5.74) is 0.396. The number of rotatable bonds is 6. The first-order chi connectivity index (χ1) is 12.6. The molecule has 6 nitrogen and oxygen atoms in total. The van der Waals surface area contributed by atoms with Crippen LogP contribution in [0.4, 0.5) is 19.0 Å². The third-order valence-electron chi connectivity index (χ3n) is 3.65. The van der Waals surface area contributed by atoms with Gasteiger partial charge in [-0.1, -0.05) is 12.1 Å². The molecular weight excluding hydrogens is 361 g/mol. The molecule has 0 atom stereocenters. The van der Waals surface area contributed by atoms with Crippen LogP contribution in [0.1, 0.15) is 19.4 Å². The van der Waals surface area contributed by atoms with Crippen LogP contribution in [0.5, 0.6) is 5.75 Å². The number of pyridine rings is 1. The molecular formula is C18H19F3N4O2. The SMILES string of the molecule is CC(C)(O)CNc1nccc2nn(Cc3cccc(OC(F)(F)F)c3)cc12. The van der Waals surface area contributed by atoms with Gasteiger partial charge in [0.05, 0.1) is 23.0 Å². The standard InChI is InChI=1S/C18H19F3N4O2/c1-17(2,26)11-23-16-14-10-25(24-15(14)6-7-22-16)9-12-4-3-5-13(8-12)27-18(19,20)21/h3-8,10,26H,9,11H2,1-2H3,(H,22,23). The van der Waals surface area contributed by atoms with Crippen LogP contribution in [0.15, 0.2) is 42.7 Å². The van der Waals surface area contributed by atoms with Crippen molar-refractivity contribution in [2.24, 2.45) is 0 Å². The zero-order valence-corrected chi connectivity index (χ0v) is 14.8. The fourth-order valence-electron chi connectivity index (χ4n) is 2.54. The fraction of sp³-hybridized carbons (Fsp3) is 0.333. The zero-order valence-electron chi connectivity index (χ0n) is 14.8. The molecule has 2 aromatic heterocycles. The Morgan fingerprint density at radius 3 is 2.70 bits per heavy atom. The number of hydrogen-bond donors (Lipinski definition) is 2. The Morgan fingerprint density at radius 2 is 2.00 bits per heavy atom. The number of hydrogen-bond acceptors (Lipinski definition) is 5. The predicted octanol–water partition coefficient (Wildman–Crippen LogP) is 3.56. The third kappa shape index (κ3) is 5.33. The second-order valence-electron chi connectivity index (χ2n) is 6.78. The lowest BCUT2D eigenvalue weighted by Gasteiger charge is -2.18. The molecule has 0 aliphatic carbocycles. The molecule has 27 heavy (non-hydrogen) atoms. The second-order valence-corrected chi connectivity index (χ2v) is 6.78. The second kappa shape index (κ2) is 7.07.